The van der Waals surface area contributed by atoms with E-state index >= 15 is 0 Å². The van der Waals surface area contributed by atoms with Crippen molar-refractivity contribution in [1.82, 2.24) is 19.7 Å². The number of likely N-dealkylation sites (N-methyl/N-ethyl adjacent to an activating group) is 1. The highest BCUT2D eigenvalue weighted by molar-refractivity contribution is 7.09. The van der Waals surface area contributed by atoms with Gasteiger partial charge in [-0.1, -0.05) is 0 Å². The van der Waals surface area contributed by atoms with Crippen molar-refractivity contribution < 1.29 is 9.53 Å². The molecule has 0 radical (unpaired) electrons. The second-order valence-electron chi connectivity index (χ2n) is 7.12. The average Bonchev–Trinajstić information content (AvgIpc) is 3.25. The summed E-state index contributed by atoms with van der Waals surface area (Å²) < 4.78 is 6.24. The second-order valence-corrected chi connectivity index (χ2v) is 8.10. The molecule has 0 aliphatic carbocycles. The van der Waals surface area contributed by atoms with Crippen LogP contribution < -0.4 is 0 Å². The molecule has 0 unspecified atom stereocenters. The summed E-state index contributed by atoms with van der Waals surface area (Å²) in [5, 5.41) is 3.21. The molecule has 3 atom stereocenters. The van der Waals surface area contributed by atoms with Crippen molar-refractivity contribution in [1.29, 1.82) is 0 Å². The molecule has 7 heteroatoms. The molecule has 132 valence electrons. The molecule has 3 fully saturated rings. The van der Waals surface area contributed by atoms with E-state index in [0.29, 0.717) is 6.04 Å². The Bertz CT molecular complexity index is 559. The van der Waals surface area contributed by atoms with Crippen molar-refractivity contribution in [2.24, 2.45) is 0 Å². The van der Waals surface area contributed by atoms with Gasteiger partial charge in [0.05, 0.1) is 12.6 Å². The van der Waals surface area contributed by atoms with Gasteiger partial charge in [-0.25, -0.2) is 4.98 Å². The lowest BCUT2D eigenvalue weighted by atomic mass is 9.98. The number of fused-ring (bicyclic) bond motifs is 1. The lowest BCUT2D eigenvalue weighted by Gasteiger charge is -2.39. The summed E-state index contributed by atoms with van der Waals surface area (Å²) in [5.41, 5.74) is 0. The average molecular weight is 350 g/mol. The van der Waals surface area contributed by atoms with Crippen LogP contribution in [0.25, 0.3) is 0 Å². The van der Waals surface area contributed by atoms with E-state index in [9.17, 15) is 4.79 Å². The minimum absolute atomic E-state index is 0.208. The summed E-state index contributed by atoms with van der Waals surface area (Å²) in [4.78, 5) is 23.9. The number of likely N-dealkylation sites (tertiary alicyclic amines) is 1. The molecule has 24 heavy (non-hydrogen) atoms. The highest BCUT2D eigenvalue weighted by Crippen LogP contribution is 2.33. The van der Waals surface area contributed by atoms with Crippen LogP contribution in [0.2, 0.25) is 0 Å². The number of carbonyl (C=O) groups excluding carboxylic acids is 1. The second kappa shape index (κ2) is 7.07. The van der Waals surface area contributed by atoms with Crippen LogP contribution in [-0.2, 0) is 16.1 Å². The molecule has 3 saturated heterocycles. The molecule has 0 aromatic carbocycles. The van der Waals surface area contributed by atoms with Crippen LogP contribution in [0.1, 0.15) is 24.3 Å². The van der Waals surface area contributed by atoms with Crippen molar-refractivity contribution in [2.45, 2.75) is 44.1 Å². The minimum atomic E-state index is -0.227. The first-order chi connectivity index (χ1) is 11.7. The molecule has 6 nitrogen and oxygen atoms in total. The number of hydrogen-bond donors (Lipinski definition) is 0. The van der Waals surface area contributed by atoms with E-state index in [4.69, 9.17) is 4.74 Å². The molecule has 0 N–H and O–H groups in total. The van der Waals surface area contributed by atoms with E-state index in [2.05, 4.69) is 21.8 Å². The van der Waals surface area contributed by atoms with E-state index in [1.165, 1.54) is 5.01 Å². The highest BCUT2D eigenvalue weighted by Gasteiger charge is 2.42. The number of amides is 1. The third kappa shape index (κ3) is 3.35. The van der Waals surface area contributed by atoms with E-state index in [1.54, 1.807) is 11.3 Å². The summed E-state index contributed by atoms with van der Waals surface area (Å²) in [5.74, 6) is 0.208. The van der Waals surface area contributed by atoms with E-state index < -0.39 is 0 Å². The molecule has 0 spiro atoms. The predicted octanol–water partition coefficient (Wildman–Crippen LogP) is 1.04. The molecule has 1 aromatic rings. The summed E-state index contributed by atoms with van der Waals surface area (Å²) in [6.07, 6.45) is 4.79. The summed E-state index contributed by atoms with van der Waals surface area (Å²) in [7, 11) is 2.11. The number of ether oxygens (including phenoxy) is 1. The fourth-order valence-corrected chi connectivity index (χ4v) is 4.77. The third-order valence-electron chi connectivity index (χ3n) is 5.57. The van der Waals surface area contributed by atoms with Crippen LogP contribution in [0.5, 0.6) is 0 Å². The number of thiazole rings is 1. The third-order valence-corrected chi connectivity index (χ3v) is 6.34. The SMILES string of the molecule is CN1CCN(C(=O)[C@@H]2CC[C@H]3[C@H](CCN3Cc3nccs3)O2)CC1. The van der Waals surface area contributed by atoms with Crippen molar-refractivity contribution >= 4 is 17.2 Å². The Labute approximate surface area is 147 Å². The number of carbonyl (C=O) groups is 1. The Hall–Kier alpha value is -1.02. The van der Waals surface area contributed by atoms with Crippen LogP contribution >= 0.6 is 11.3 Å². The van der Waals surface area contributed by atoms with Gasteiger partial charge in [0.2, 0.25) is 0 Å². The molecule has 0 saturated carbocycles. The van der Waals surface area contributed by atoms with Gasteiger partial charge in [-0.15, -0.1) is 11.3 Å². The van der Waals surface area contributed by atoms with Crippen LogP contribution in [0.4, 0.5) is 0 Å². The van der Waals surface area contributed by atoms with Crippen LogP contribution in [0.3, 0.4) is 0 Å². The van der Waals surface area contributed by atoms with Crippen LogP contribution in [0, 0.1) is 0 Å². The number of nitrogens with zero attached hydrogens (tertiary/aromatic N) is 4. The fraction of sp³-hybridized carbons (Fsp3) is 0.765. The first-order valence-electron chi connectivity index (χ1n) is 8.96. The fourth-order valence-electron chi connectivity index (χ4n) is 4.13. The zero-order valence-electron chi connectivity index (χ0n) is 14.3. The quantitative estimate of drug-likeness (QED) is 0.815. The molecule has 4 rings (SSSR count). The summed E-state index contributed by atoms with van der Waals surface area (Å²) >= 11 is 1.72. The van der Waals surface area contributed by atoms with Gasteiger partial charge in [-0.3, -0.25) is 9.69 Å². The largest absolute Gasteiger partial charge is 0.363 e. The van der Waals surface area contributed by atoms with Crippen molar-refractivity contribution in [3.05, 3.63) is 16.6 Å². The zero-order valence-corrected chi connectivity index (χ0v) is 15.1. The molecular formula is C17H26N4O2S. The number of hydrogen-bond acceptors (Lipinski definition) is 6. The first-order valence-corrected chi connectivity index (χ1v) is 9.84. The first kappa shape index (κ1) is 16.4. The Morgan fingerprint density at radius 1 is 1.25 bits per heavy atom. The highest BCUT2D eigenvalue weighted by atomic mass is 32.1. The van der Waals surface area contributed by atoms with E-state index in [1.807, 2.05) is 16.5 Å². The maximum Gasteiger partial charge on any atom is 0.251 e. The van der Waals surface area contributed by atoms with Crippen LogP contribution in [-0.4, -0.2) is 83.6 Å². The number of piperazine rings is 1. The van der Waals surface area contributed by atoms with Crippen molar-refractivity contribution in [2.75, 3.05) is 39.8 Å². The van der Waals surface area contributed by atoms with E-state index in [-0.39, 0.29) is 18.1 Å². The predicted molar refractivity (Wildman–Crippen MR) is 92.9 cm³/mol. The van der Waals surface area contributed by atoms with E-state index in [0.717, 1.165) is 58.5 Å². The number of aromatic nitrogens is 1. The maximum absolute atomic E-state index is 12.7. The topological polar surface area (TPSA) is 48.9 Å². The molecular weight excluding hydrogens is 324 g/mol. The normalized spacial score (nSPS) is 32.0. The Balaban J connectivity index is 1.33. The molecule has 0 bridgehead atoms. The van der Waals surface area contributed by atoms with Crippen molar-refractivity contribution in [3.8, 4) is 0 Å². The monoisotopic (exact) mass is 350 g/mol. The van der Waals surface area contributed by atoms with Gasteiger partial charge in [-0.05, 0) is 26.3 Å². The Morgan fingerprint density at radius 2 is 2.08 bits per heavy atom. The van der Waals surface area contributed by atoms with Gasteiger partial charge in [0, 0.05) is 50.3 Å². The van der Waals surface area contributed by atoms with Gasteiger partial charge in [-0.2, -0.15) is 0 Å². The lowest BCUT2D eigenvalue weighted by Crippen LogP contribution is -2.53. The standard InChI is InChI=1S/C17H26N4O2S/c1-19-7-9-20(10-8-19)17(22)15-3-2-13-14(23-15)4-6-21(13)12-16-18-5-11-24-16/h5,11,13-15H,2-4,6-10,12H2,1H3/t13-,14-,15-/m0/s1. The molecule has 4 heterocycles. The van der Waals surface area contributed by atoms with Crippen LogP contribution in [0.15, 0.2) is 11.6 Å². The zero-order chi connectivity index (χ0) is 16.5. The lowest BCUT2D eigenvalue weighted by molar-refractivity contribution is -0.156. The summed E-state index contributed by atoms with van der Waals surface area (Å²) in [6, 6.07) is 0.449. The maximum atomic E-state index is 12.7. The summed E-state index contributed by atoms with van der Waals surface area (Å²) in [6.45, 7) is 5.56. The Morgan fingerprint density at radius 3 is 2.83 bits per heavy atom. The Kier molecular flexibility index (Phi) is 4.85. The van der Waals surface area contributed by atoms with Gasteiger partial charge in [0.1, 0.15) is 11.1 Å². The molecule has 3 aliphatic heterocycles. The van der Waals surface area contributed by atoms with Gasteiger partial charge < -0.3 is 14.5 Å². The smallest absolute Gasteiger partial charge is 0.251 e. The molecule has 1 aromatic heterocycles. The van der Waals surface area contributed by atoms with Gasteiger partial charge in [0.15, 0.2) is 0 Å². The molecule has 1 amide bonds. The minimum Gasteiger partial charge on any atom is -0.363 e. The molecule has 3 aliphatic rings. The number of rotatable bonds is 3. The van der Waals surface area contributed by atoms with Gasteiger partial charge >= 0.3 is 0 Å². The van der Waals surface area contributed by atoms with Gasteiger partial charge in [0.25, 0.3) is 5.91 Å². The van der Waals surface area contributed by atoms with Crippen molar-refractivity contribution in [3.63, 3.8) is 0 Å².